The molecule has 0 saturated carbocycles. The second-order valence-electron chi connectivity index (χ2n) is 5.73. The highest BCUT2D eigenvalue weighted by molar-refractivity contribution is 6.30. The van der Waals surface area contributed by atoms with Crippen LogP contribution in [-0.2, 0) is 4.79 Å². The summed E-state index contributed by atoms with van der Waals surface area (Å²) in [6, 6.07) is 6.79. The molecule has 0 aromatic heterocycles. The molecule has 1 rings (SSSR count). The van der Waals surface area contributed by atoms with E-state index in [2.05, 4.69) is 5.32 Å². The molecule has 0 heterocycles. The van der Waals surface area contributed by atoms with Crippen molar-refractivity contribution in [2.75, 3.05) is 7.05 Å². The topological polar surface area (TPSA) is 69.6 Å². The van der Waals surface area contributed by atoms with E-state index < -0.39 is 11.5 Å². The molecule has 0 bridgehead atoms. The fourth-order valence-corrected chi connectivity index (χ4v) is 2.16. The Morgan fingerprint density at radius 2 is 2.05 bits per heavy atom. The largest absolute Gasteiger partial charge is 0.481 e. The molecule has 0 spiro atoms. The Labute approximate surface area is 129 Å². The Morgan fingerprint density at radius 3 is 2.57 bits per heavy atom. The molecule has 1 atom stereocenters. The highest BCUT2D eigenvalue weighted by Crippen LogP contribution is 2.22. The first-order valence-corrected chi connectivity index (χ1v) is 7.02. The summed E-state index contributed by atoms with van der Waals surface area (Å²) < 4.78 is 0. The number of amides is 2. The molecular formula is C15H21ClN2O3. The summed E-state index contributed by atoms with van der Waals surface area (Å²) in [5.74, 6) is -0.953. The smallest absolute Gasteiger partial charge is 0.318 e. The molecule has 2 amide bonds. The zero-order valence-electron chi connectivity index (χ0n) is 12.7. The number of carbonyl (C=O) groups excluding carboxylic acids is 1. The van der Waals surface area contributed by atoms with Crippen LogP contribution in [0.4, 0.5) is 4.79 Å². The summed E-state index contributed by atoms with van der Waals surface area (Å²) in [7, 11) is 1.66. The maximum atomic E-state index is 12.2. The maximum Gasteiger partial charge on any atom is 0.318 e. The molecule has 0 fully saturated rings. The second-order valence-corrected chi connectivity index (χ2v) is 6.16. The average Bonchev–Trinajstić information content (AvgIpc) is 2.34. The van der Waals surface area contributed by atoms with Crippen LogP contribution >= 0.6 is 11.6 Å². The predicted octanol–water partition coefficient (Wildman–Crippen LogP) is 3.30. The van der Waals surface area contributed by atoms with E-state index in [9.17, 15) is 9.59 Å². The summed E-state index contributed by atoms with van der Waals surface area (Å²) in [5.41, 5.74) is 0.0989. The lowest BCUT2D eigenvalue weighted by molar-refractivity contribution is -0.138. The summed E-state index contributed by atoms with van der Waals surface area (Å²) in [5, 5.41) is 12.2. The van der Waals surface area contributed by atoms with Crippen LogP contribution in [0.25, 0.3) is 0 Å². The summed E-state index contributed by atoms with van der Waals surface area (Å²) in [6.07, 6.45) is -0.141. The highest BCUT2D eigenvalue weighted by Gasteiger charge is 2.27. The number of hydrogen-bond acceptors (Lipinski definition) is 2. The first-order valence-electron chi connectivity index (χ1n) is 6.64. The monoisotopic (exact) mass is 312 g/mol. The van der Waals surface area contributed by atoms with Crippen LogP contribution in [0.1, 0.15) is 38.8 Å². The minimum Gasteiger partial charge on any atom is -0.481 e. The van der Waals surface area contributed by atoms with Gasteiger partial charge >= 0.3 is 12.0 Å². The van der Waals surface area contributed by atoms with Crippen molar-refractivity contribution in [1.29, 1.82) is 0 Å². The van der Waals surface area contributed by atoms with Crippen LogP contribution in [0.2, 0.25) is 5.02 Å². The van der Waals surface area contributed by atoms with Gasteiger partial charge in [0.05, 0.1) is 12.5 Å². The Bertz CT molecular complexity index is 531. The zero-order valence-corrected chi connectivity index (χ0v) is 13.4. The maximum absolute atomic E-state index is 12.2. The Morgan fingerprint density at radius 1 is 1.43 bits per heavy atom. The Balaban J connectivity index is 2.76. The van der Waals surface area contributed by atoms with Gasteiger partial charge in [-0.05, 0) is 38.5 Å². The van der Waals surface area contributed by atoms with Crippen LogP contribution < -0.4 is 5.32 Å². The SMILES string of the molecule is CC(c1cccc(Cl)c1)N(C)C(=O)NC(C)(C)CC(=O)O. The zero-order chi connectivity index (χ0) is 16.2. The van der Waals surface area contributed by atoms with Crippen molar-refractivity contribution >= 4 is 23.6 Å². The summed E-state index contributed by atoms with van der Waals surface area (Å²) in [4.78, 5) is 24.5. The molecule has 5 nitrogen and oxygen atoms in total. The Hall–Kier alpha value is -1.75. The van der Waals surface area contributed by atoms with Crippen molar-refractivity contribution in [3.05, 3.63) is 34.9 Å². The van der Waals surface area contributed by atoms with E-state index in [1.807, 2.05) is 19.1 Å². The fraction of sp³-hybridized carbons (Fsp3) is 0.467. The number of benzene rings is 1. The van der Waals surface area contributed by atoms with Crippen LogP contribution in [0.5, 0.6) is 0 Å². The van der Waals surface area contributed by atoms with Gasteiger partial charge in [0.1, 0.15) is 0 Å². The number of carboxylic acid groups (broad SMARTS) is 1. The quantitative estimate of drug-likeness (QED) is 0.876. The fourth-order valence-electron chi connectivity index (χ4n) is 1.97. The van der Waals surface area contributed by atoms with Crippen molar-refractivity contribution in [3.63, 3.8) is 0 Å². The third-order valence-electron chi connectivity index (χ3n) is 3.27. The molecule has 6 heteroatoms. The van der Waals surface area contributed by atoms with E-state index in [4.69, 9.17) is 16.7 Å². The number of aliphatic carboxylic acids is 1. The number of rotatable bonds is 5. The summed E-state index contributed by atoms with van der Waals surface area (Å²) in [6.45, 7) is 5.24. The van der Waals surface area contributed by atoms with E-state index in [1.54, 1.807) is 33.0 Å². The van der Waals surface area contributed by atoms with Gasteiger partial charge in [0.2, 0.25) is 0 Å². The van der Waals surface area contributed by atoms with Gasteiger partial charge in [0.15, 0.2) is 0 Å². The van der Waals surface area contributed by atoms with E-state index in [1.165, 1.54) is 4.90 Å². The van der Waals surface area contributed by atoms with Crippen LogP contribution in [0, 0.1) is 0 Å². The van der Waals surface area contributed by atoms with E-state index >= 15 is 0 Å². The molecule has 0 aliphatic carbocycles. The third-order valence-corrected chi connectivity index (χ3v) is 3.51. The minimum absolute atomic E-state index is 0.141. The molecule has 1 unspecified atom stereocenters. The molecule has 1 aromatic carbocycles. The molecule has 2 N–H and O–H groups in total. The van der Waals surface area contributed by atoms with Crippen LogP contribution in [-0.4, -0.2) is 34.6 Å². The van der Waals surface area contributed by atoms with Crippen molar-refractivity contribution < 1.29 is 14.7 Å². The first kappa shape index (κ1) is 17.3. The van der Waals surface area contributed by atoms with Crippen molar-refractivity contribution in [2.45, 2.75) is 38.8 Å². The van der Waals surface area contributed by atoms with Gasteiger partial charge in [-0.1, -0.05) is 23.7 Å². The second kappa shape index (κ2) is 6.80. The highest BCUT2D eigenvalue weighted by atomic mass is 35.5. The van der Waals surface area contributed by atoms with Gasteiger partial charge < -0.3 is 15.3 Å². The summed E-state index contributed by atoms with van der Waals surface area (Å²) >= 11 is 5.95. The number of carbonyl (C=O) groups is 2. The molecule has 0 aliphatic rings. The number of urea groups is 1. The molecule has 0 saturated heterocycles. The Kier molecular flexibility index (Phi) is 5.61. The van der Waals surface area contributed by atoms with Crippen molar-refractivity contribution in [2.24, 2.45) is 0 Å². The average molecular weight is 313 g/mol. The number of carboxylic acids is 1. The van der Waals surface area contributed by atoms with Crippen molar-refractivity contribution in [1.82, 2.24) is 10.2 Å². The van der Waals surface area contributed by atoms with E-state index in [0.717, 1.165) is 5.56 Å². The van der Waals surface area contributed by atoms with Gasteiger partial charge in [0, 0.05) is 17.6 Å². The minimum atomic E-state index is -0.953. The third kappa shape index (κ3) is 5.27. The van der Waals surface area contributed by atoms with Gasteiger partial charge in [-0.15, -0.1) is 0 Å². The standard InChI is InChI=1S/C15H21ClN2O3/c1-10(11-6-5-7-12(16)8-11)18(4)14(21)17-15(2,3)9-13(19)20/h5-8,10H,9H2,1-4H3,(H,17,21)(H,19,20). The van der Waals surface area contributed by atoms with Gasteiger partial charge in [-0.3, -0.25) is 4.79 Å². The number of nitrogens with one attached hydrogen (secondary N) is 1. The molecule has 0 radical (unpaired) electrons. The first-order chi connectivity index (χ1) is 9.62. The normalized spacial score (nSPS) is 12.6. The van der Waals surface area contributed by atoms with Gasteiger partial charge in [0.25, 0.3) is 0 Å². The lowest BCUT2D eigenvalue weighted by Crippen LogP contribution is -2.50. The van der Waals surface area contributed by atoms with Gasteiger partial charge in [-0.25, -0.2) is 4.79 Å². The van der Waals surface area contributed by atoms with E-state index in [0.29, 0.717) is 5.02 Å². The molecule has 21 heavy (non-hydrogen) atoms. The lowest BCUT2D eigenvalue weighted by atomic mass is 10.0. The number of hydrogen-bond donors (Lipinski definition) is 2. The van der Waals surface area contributed by atoms with Crippen molar-refractivity contribution in [3.8, 4) is 0 Å². The number of nitrogens with zero attached hydrogens (tertiary/aromatic N) is 1. The molecular weight excluding hydrogens is 292 g/mol. The number of halogens is 1. The van der Waals surface area contributed by atoms with Crippen LogP contribution in [0.3, 0.4) is 0 Å². The molecule has 0 aliphatic heterocycles. The van der Waals surface area contributed by atoms with E-state index in [-0.39, 0.29) is 18.5 Å². The van der Waals surface area contributed by atoms with Gasteiger partial charge in [-0.2, -0.15) is 0 Å². The van der Waals surface area contributed by atoms with Crippen LogP contribution in [0.15, 0.2) is 24.3 Å². The predicted molar refractivity (Wildman–Crippen MR) is 82.5 cm³/mol. The molecule has 116 valence electrons. The lowest BCUT2D eigenvalue weighted by Gasteiger charge is -2.31. The molecule has 1 aromatic rings.